The van der Waals surface area contributed by atoms with Gasteiger partial charge in [0.05, 0.1) is 17.6 Å². The van der Waals surface area contributed by atoms with E-state index >= 15 is 0 Å². The molecule has 0 aliphatic heterocycles. The van der Waals surface area contributed by atoms with Crippen molar-refractivity contribution in [2.24, 2.45) is 7.05 Å². The fourth-order valence-corrected chi connectivity index (χ4v) is 3.41. The number of benzene rings is 1. The zero-order valence-corrected chi connectivity index (χ0v) is 15.6. The molecule has 142 valence electrons. The van der Waals surface area contributed by atoms with Crippen LogP contribution in [-0.2, 0) is 7.05 Å². The summed E-state index contributed by atoms with van der Waals surface area (Å²) in [7, 11) is 1.88. The Labute approximate surface area is 165 Å². The molecule has 0 bridgehead atoms. The molecule has 29 heavy (non-hydrogen) atoms. The minimum Gasteiger partial charge on any atom is -0.345 e. The quantitative estimate of drug-likeness (QED) is 0.477. The van der Waals surface area contributed by atoms with Gasteiger partial charge in [0, 0.05) is 58.9 Å². The van der Waals surface area contributed by atoms with Crippen molar-refractivity contribution in [1.82, 2.24) is 29.9 Å². The van der Waals surface area contributed by atoms with E-state index in [-0.39, 0.29) is 5.82 Å². The maximum Gasteiger partial charge on any atom is 0.137 e. The highest BCUT2D eigenvalue weighted by molar-refractivity contribution is 5.95. The van der Waals surface area contributed by atoms with Crippen molar-refractivity contribution >= 4 is 16.6 Å². The highest BCUT2D eigenvalue weighted by Gasteiger charge is 2.15. The molecular weight excluding hydrogens is 367 g/mol. The molecule has 1 aromatic carbocycles. The third kappa shape index (κ3) is 2.93. The highest BCUT2D eigenvalue weighted by atomic mass is 19.1. The van der Waals surface area contributed by atoms with Crippen molar-refractivity contribution in [3.8, 4) is 22.4 Å². The molecule has 0 amide bonds. The van der Waals surface area contributed by atoms with E-state index in [1.165, 1.54) is 6.07 Å². The van der Waals surface area contributed by atoms with Crippen LogP contribution in [0.4, 0.5) is 4.39 Å². The van der Waals surface area contributed by atoms with Gasteiger partial charge in [0.2, 0.25) is 0 Å². The first-order valence-corrected chi connectivity index (χ1v) is 9.06. The van der Waals surface area contributed by atoms with Crippen LogP contribution in [0.1, 0.15) is 11.3 Å². The van der Waals surface area contributed by atoms with E-state index in [0.29, 0.717) is 16.8 Å². The topological polar surface area (TPSA) is 75.2 Å². The summed E-state index contributed by atoms with van der Waals surface area (Å²) >= 11 is 0. The summed E-state index contributed by atoms with van der Waals surface area (Å²) in [6, 6.07) is 10.5. The number of nitrogens with one attached hydrogen (secondary N) is 2. The molecule has 0 aliphatic carbocycles. The minimum atomic E-state index is -0.320. The summed E-state index contributed by atoms with van der Waals surface area (Å²) < 4.78 is 15.9. The molecule has 5 aromatic rings. The molecule has 6 nitrogen and oxygen atoms in total. The summed E-state index contributed by atoms with van der Waals surface area (Å²) in [4.78, 5) is 7.71. The second-order valence-corrected chi connectivity index (χ2v) is 6.85. The lowest BCUT2D eigenvalue weighted by Gasteiger charge is -2.03. The van der Waals surface area contributed by atoms with Crippen LogP contribution >= 0.6 is 0 Å². The van der Waals surface area contributed by atoms with Crippen molar-refractivity contribution in [1.29, 1.82) is 0 Å². The Balaban J connectivity index is 1.55. The van der Waals surface area contributed by atoms with Gasteiger partial charge in [-0.05, 0) is 18.2 Å². The van der Waals surface area contributed by atoms with E-state index in [4.69, 9.17) is 0 Å². The number of aromatic nitrogens is 6. The molecule has 0 aliphatic rings. The van der Waals surface area contributed by atoms with Gasteiger partial charge >= 0.3 is 0 Å². The summed E-state index contributed by atoms with van der Waals surface area (Å²) in [6.45, 7) is 4.02. The molecule has 0 spiro atoms. The Bertz CT molecular complexity index is 1360. The van der Waals surface area contributed by atoms with E-state index in [1.807, 2.05) is 37.9 Å². The van der Waals surface area contributed by atoms with Gasteiger partial charge in [-0.1, -0.05) is 24.8 Å². The largest absolute Gasteiger partial charge is 0.345 e. The number of fused-ring (bicyclic) bond motifs is 1. The van der Waals surface area contributed by atoms with E-state index in [2.05, 4.69) is 37.9 Å². The number of aryl methyl sites for hydroxylation is 1. The van der Waals surface area contributed by atoms with Gasteiger partial charge in [-0.15, -0.1) is 0 Å². The number of aromatic amines is 2. The molecule has 7 heteroatoms. The lowest BCUT2D eigenvalue weighted by Crippen LogP contribution is -1.90. The van der Waals surface area contributed by atoms with Crippen LogP contribution in [-0.4, -0.2) is 29.9 Å². The van der Waals surface area contributed by atoms with Gasteiger partial charge in [-0.2, -0.15) is 10.2 Å². The SMILES string of the molecule is C=C(c1cc(-c2c[nH]c3ncc(-c4cnn(C)c4)cc23)[nH]n1)c1ccccc1F. The van der Waals surface area contributed by atoms with Gasteiger partial charge in [0.1, 0.15) is 11.5 Å². The van der Waals surface area contributed by atoms with E-state index in [0.717, 1.165) is 33.4 Å². The van der Waals surface area contributed by atoms with Crippen LogP contribution in [0.5, 0.6) is 0 Å². The van der Waals surface area contributed by atoms with Crippen LogP contribution in [0.2, 0.25) is 0 Å². The fraction of sp³-hybridized carbons (Fsp3) is 0.0455. The van der Waals surface area contributed by atoms with Crippen LogP contribution in [0.3, 0.4) is 0 Å². The third-order valence-corrected chi connectivity index (χ3v) is 4.95. The zero-order chi connectivity index (χ0) is 20.0. The molecule has 0 atom stereocenters. The number of rotatable bonds is 4. The second-order valence-electron chi connectivity index (χ2n) is 6.85. The van der Waals surface area contributed by atoms with Gasteiger partial charge < -0.3 is 4.98 Å². The summed E-state index contributed by atoms with van der Waals surface area (Å²) in [5.41, 5.74) is 6.03. The first-order valence-electron chi connectivity index (χ1n) is 9.06. The molecule has 4 aromatic heterocycles. The lowest BCUT2D eigenvalue weighted by atomic mass is 10.0. The smallest absolute Gasteiger partial charge is 0.137 e. The Morgan fingerprint density at radius 1 is 1.14 bits per heavy atom. The van der Waals surface area contributed by atoms with Crippen molar-refractivity contribution in [3.05, 3.63) is 84.8 Å². The maximum absolute atomic E-state index is 14.1. The third-order valence-electron chi connectivity index (χ3n) is 4.95. The van der Waals surface area contributed by atoms with Crippen molar-refractivity contribution in [3.63, 3.8) is 0 Å². The van der Waals surface area contributed by atoms with Crippen LogP contribution in [0, 0.1) is 5.82 Å². The van der Waals surface area contributed by atoms with Crippen molar-refractivity contribution < 1.29 is 4.39 Å². The molecule has 2 N–H and O–H groups in total. The normalized spacial score (nSPS) is 11.2. The van der Waals surface area contributed by atoms with Gasteiger partial charge in [-0.25, -0.2) is 9.37 Å². The molecule has 0 saturated carbocycles. The molecular formula is C22H17FN6. The van der Waals surface area contributed by atoms with Gasteiger partial charge in [0.25, 0.3) is 0 Å². The van der Waals surface area contributed by atoms with E-state index < -0.39 is 0 Å². The van der Waals surface area contributed by atoms with Gasteiger partial charge in [-0.3, -0.25) is 9.78 Å². The van der Waals surface area contributed by atoms with Gasteiger partial charge in [0.15, 0.2) is 0 Å². The van der Waals surface area contributed by atoms with E-state index in [1.54, 1.807) is 22.9 Å². The summed E-state index contributed by atoms with van der Waals surface area (Å²) in [5, 5.41) is 12.6. The Hall–Kier alpha value is -4.00. The van der Waals surface area contributed by atoms with Crippen molar-refractivity contribution in [2.75, 3.05) is 0 Å². The number of nitrogens with zero attached hydrogens (tertiary/aromatic N) is 4. The average Bonchev–Trinajstić information content (AvgIpc) is 3.46. The Kier molecular flexibility index (Phi) is 3.87. The van der Waals surface area contributed by atoms with Crippen molar-refractivity contribution in [2.45, 2.75) is 0 Å². The number of halogens is 1. The van der Waals surface area contributed by atoms with E-state index in [9.17, 15) is 4.39 Å². The molecule has 0 unspecified atom stereocenters. The predicted molar refractivity (Wildman–Crippen MR) is 110 cm³/mol. The molecule has 0 saturated heterocycles. The molecule has 0 fully saturated rings. The Morgan fingerprint density at radius 2 is 2.00 bits per heavy atom. The number of pyridine rings is 1. The molecule has 0 radical (unpaired) electrons. The number of hydrogen-bond acceptors (Lipinski definition) is 3. The van der Waals surface area contributed by atoms with Crippen LogP contribution in [0.15, 0.2) is 67.8 Å². The second kappa shape index (κ2) is 6.56. The summed E-state index contributed by atoms with van der Waals surface area (Å²) in [5.74, 6) is -0.320. The first-order chi connectivity index (χ1) is 14.1. The monoisotopic (exact) mass is 384 g/mol. The minimum absolute atomic E-state index is 0.320. The predicted octanol–water partition coefficient (Wildman–Crippen LogP) is 4.55. The van der Waals surface area contributed by atoms with Crippen LogP contribution < -0.4 is 0 Å². The Morgan fingerprint density at radius 3 is 2.79 bits per heavy atom. The lowest BCUT2D eigenvalue weighted by molar-refractivity contribution is 0.624. The average molecular weight is 384 g/mol. The fourth-order valence-electron chi connectivity index (χ4n) is 3.41. The summed E-state index contributed by atoms with van der Waals surface area (Å²) in [6.07, 6.45) is 7.45. The molecule has 4 heterocycles. The standard InChI is InChI=1S/C22H17FN6/c1-13(16-5-3-4-6-19(16)23)20-8-21(28-27-20)18-11-25-22-17(18)7-14(9-24-22)15-10-26-29(2)12-15/h3-12H,1H2,2H3,(H,24,25)(H,27,28). The van der Waals surface area contributed by atoms with Crippen LogP contribution in [0.25, 0.3) is 39.0 Å². The highest BCUT2D eigenvalue weighted by Crippen LogP contribution is 2.32. The molecule has 5 rings (SSSR count). The maximum atomic E-state index is 14.1. The first kappa shape index (κ1) is 17.1. The zero-order valence-electron chi connectivity index (χ0n) is 15.6. The number of H-pyrrole nitrogens is 2. The number of hydrogen-bond donors (Lipinski definition) is 2.